The minimum atomic E-state index is -2.43. The van der Waals surface area contributed by atoms with Crippen LogP contribution in [0.2, 0.25) is 0 Å². The van der Waals surface area contributed by atoms with Crippen LogP contribution >= 0.6 is 0 Å². The molecule has 0 aromatic rings. The monoisotopic (exact) mass is 264 g/mol. The van der Waals surface area contributed by atoms with Crippen LogP contribution < -0.4 is 10.6 Å². The van der Waals surface area contributed by atoms with Crippen LogP contribution in [0.25, 0.3) is 0 Å². The zero-order valence-electron chi connectivity index (χ0n) is 10.6. The molecule has 0 bridgehead atoms. The van der Waals surface area contributed by atoms with E-state index in [4.69, 9.17) is 0 Å². The molecule has 106 valence electrons. The SMILES string of the molecule is O=C(CNCCOCC(F)F)NC1CCCCC1. The quantitative estimate of drug-likeness (QED) is 0.650. The summed E-state index contributed by atoms with van der Waals surface area (Å²) in [5, 5.41) is 5.83. The van der Waals surface area contributed by atoms with Crippen molar-refractivity contribution in [2.24, 2.45) is 0 Å². The van der Waals surface area contributed by atoms with E-state index in [9.17, 15) is 13.6 Å². The fraction of sp³-hybridized carbons (Fsp3) is 0.917. The van der Waals surface area contributed by atoms with Crippen molar-refractivity contribution in [2.45, 2.75) is 44.6 Å². The molecule has 0 aromatic heterocycles. The highest BCUT2D eigenvalue weighted by Gasteiger charge is 2.14. The van der Waals surface area contributed by atoms with Gasteiger partial charge in [0.15, 0.2) is 0 Å². The standard InChI is InChI=1S/C12H22F2N2O2/c13-11(14)9-18-7-6-15-8-12(17)16-10-4-2-1-3-5-10/h10-11,15H,1-9H2,(H,16,17). The minimum Gasteiger partial charge on any atom is -0.374 e. The van der Waals surface area contributed by atoms with Gasteiger partial charge >= 0.3 is 0 Å². The number of nitrogens with one attached hydrogen (secondary N) is 2. The van der Waals surface area contributed by atoms with E-state index in [1.165, 1.54) is 19.3 Å². The molecule has 4 nitrogen and oxygen atoms in total. The Bertz CT molecular complexity index is 234. The van der Waals surface area contributed by atoms with Crippen LogP contribution in [-0.4, -0.2) is 44.7 Å². The van der Waals surface area contributed by atoms with Crippen molar-refractivity contribution in [3.8, 4) is 0 Å². The van der Waals surface area contributed by atoms with E-state index < -0.39 is 13.0 Å². The summed E-state index contributed by atoms with van der Waals surface area (Å²) in [4.78, 5) is 11.5. The lowest BCUT2D eigenvalue weighted by molar-refractivity contribution is -0.121. The van der Waals surface area contributed by atoms with Gasteiger partial charge in [0.05, 0.1) is 13.2 Å². The first-order valence-electron chi connectivity index (χ1n) is 6.54. The molecule has 1 fully saturated rings. The summed E-state index contributed by atoms with van der Waals surface area (Å²) in [6.45, 7) is 0.274. The first kappa shape index (κ1) is 15.3. The van der Waals surface area contributed by atoms with Gasteiger partial charge in [0.2, 0.25) is 5.91 Å². The van der Waals surface area contributed by atoms with Gasteiger partial charge in [-0.25, -0.2) is 8.78 Å². The van der Waals surface area contributed by atoms with Crippen LogP contribution in [-0.2, 0) is 9.53 Å². The first-order chi connectivity index (χ1) is 8.68. The molecule has 1 rings (SSSR count). The van der Waals surface area contributed by atoms with Gasteiger partial charge in [-0.2, -0.15) is 0 Å². The van der Waals surface area contributed by atoms with Crippen molar-refractivity contribution < 1.29 is 18.3 Å². The largest absolute Gasteiger partial charge is 0.374 e. The number of halogens is 2. The fourth-order valence-corrected chi connectivity index (χ4v) is 2.04. The first-order valence-corrected chi connectivity index (χ1v) is 6.54. The molecule has 2 N–H and O–H groups in total. The van der Waals surface area contributed by atoms with E-state index in [0.717, 1.165) is 12.8 Å². The van der Waals surface area contributed by atoms with Gasteiger partial charge in [-0.05, 0) is 12.8 Å². The number of hydrogen-bond acceptors (Lipinski definition) is 3. The molecule has 0 aromatic carbocycles. The van der Waals surface area contributed by atoms with E-state index in [1.54, 1.807) is 0 Å². The van der Waals surface area contributed by atoms with Crippen LogP contribution in [0.15, 0.2) is 0 Å². The van der Waals surface area contributed by atoms with Gasteiger partial charge in [0, 0.05) is 12.6 Å². The molecule has 0 spiro atoms. The zero-order valence-corrected chi connectivity index (χ0v) is 10.6. The van der Waals surface area contributed by atoms with E-state index in [0.29, 0.717) is 12.6 Å². The number of alkyl halides is 2. The van der Waals surface area contributed by atoms with Gasteiger partial charge in [-0.15, -0.1) is 0 Å². The Morgan fingerprint density at radius 1 is 1.28 bits per heavy atom. The lowest BCUT2D eigenvalue weighted by Crippen LogP contribution is -2.41. The minimum absolute atomic E-state index is 0.0317. The van der Waals surface area contributed by atoms with E-state index in [1.807, 2.05) is 0 Å². The molecule has 1 amide bonds. The average Bonchev–Trinajstić information content (AvgIpc) is 2.34. The van der Waals surface area contributed by atoms with Gasteiger partial charge < -0.3 is 15.4 Å². The highest BCUT2D eigenvalue weighted by Crippen LogP contribution is 2.16. The van der Waals surface area contributed by atoms with Crippen molar-refractivity contribution in [3.05, 3.63) is 0 Å². The van der Waals surface area contributed by atoms with Gasteiger partial charge in [-0.1, -0.05) is 19.3 Å². The van der Waals surface area contributed by atoms with E-state index in [2.05, 4.69) is 15.4 Å². The number of amides is 1. The summed E-state index contributed by atoms with van der Waals surface area (Å²) in [6.07, 6.45) is 3.30. The third-order valence-corrected chi connectivity index (χ3v) is 2.92. The van der Waals surface area contributed by atoms with Crippen LogP contribution in [0.5, 0.6) is 0 Å². The Balaban J connectivity index is 1.93. The molecule has 1 saturated carbocycles. The van der Waals surface area contributed by atoms with Crippen molar-refractivity contribution >= 4 is 5.91 Å². The fourth-order valence-electron chi connectivity index (χ4n) is 2.04. The molecule has 0 unspecified atom stereocenters. The summed E-state index contributed by atoms with van der Waals surface area (Å²) in [5.41, 5.74) is 0. The number of carbonyl (C=O) groups excluding carboxylic acids is 1. The highest BCUT2D eigenvalue weighted by atomic mass is 19.3. The third kappa shape index (κ3) is 7.55. The van der Waals surface area contributed by atoms with Crippen molar-refractivity contribution in [1.29, 1.82) is 0 Å². The summed E-state index contributed by atoms with van der Waals surface area (Å²) in [7, 11) is 0. The van der Waals surface area contributed by atoms with Crippen molar-refractivity contribution in [2.75, 3.05) is 26.3 Å². The maximum absolute atomic E-state index is 11.7. The lowest BCUT2D eigenvalue weighted by atomic mass is 9.95. The average molecular weight is 264 g/mol. The molecule has 0 heterocycles. The maximum atomic E-state index is 11.7. The smallest absolute Gasteiger partial charge is 0.261 e. The molecule has 1 aliphatic rings. The number of rotatable bonds is 8. The zero-order chi connectivity index (χ0) is 13.2. The second-order valence-corrected chi connectivity index (χ2v) is 4.55. The Labute approximate surface area is 106 Å². The molecular weight excluding hydrogens is 242 g/mol. The number of carbonyl (C=O) groups is 1. The molecule has 0 radical (unpaired) electrons. The summed E-state index contributed by atoms with van der Waals surface area (Å²) >= 11 is 0. The van der Waals surface area contributed by atoms with E-state index >= 15 is 0 Å². The van der Waals surface area contributed by atoms with Gasteiger partial charge in [0.25, 0.3) is 6.43 Å². The normalized spacial score (nSPS) is 17.1. The number of hydrogen-bond donors (Lipinski definition) is 2. The molecule has 0 saturated heterocycles. The molecule has 0 aliphatic heterocycles. The topological polar surface area (TPSA) is 50.4 Å². The second-order valence-electron chi connectivity index (χ2n) is 4.55. The van der Waals surface area contributed by atoms with Crippen LogP contribution in [0.1, 0.15) is 32.1 Å². The second kappa shape index (κ2) is 9.22. The summed E-state index contributed by atoms with van der Waals surface area (Å²) in [5.74, 6) is -0.0317. The van der Waals surface area contributed by atoms with Crippen molar-refractivity contribution in [1.82, 2.24) is 10.6 Å². The van der Waals surface area contributed by atoms with Crippen LogP contribution in [0.3, 0.4) is 0 Å². The van der Waals surface area contributed by atoms with E-state index in [-0.39, 0.29) is 19.1 Å². The van der Waals surface area contributed by atoms with Crippen LogP contribution in [0, 0.1) is 0 Å². The Morgan fingerprint density at radius 2 is 2.00 bits per heavy atom. The predicted molar refractivity (Wildman–Crippen MR) is 64.7 cm³/mol. The highest BCUT2D eigenvalue weighted by molar-refractivity contribution is 5.78. The van der Waals surface area contributed by atoms with Gasteiger partial charge in [0.1, 0.15) is 6.61 Å². The molecule has 18 heavy (non-hydrogen) atoms. The van der Waals surface area contributed by atoms with Crippen LogP contribution in [0.4, 0.5) is 8.78 Å². The third-order valence-electron chi connectivity index (χ3n) is 2.92. The maximum Gasteiger partial charge on any atom is 0.261 e. The Kier molecular flexibility index (Phi) is 7.84. The Hall–Kier alpha value is -0.750. The summed E-state index contributed by atoms with van der Waals surface area (Å²) < 4.78 is 28.1. The lowest BCUT2D eigenvalue weighted by Gasteiger charge is -2.22. The van der Waals surface area contributed by atoms with Gasteiger partial charge in [-0.3, -0.25) is 4.79 Å². The molecule has 6 heteroatoms. The Morgan fingerprint density at radius 3 is 2.67 bits per heavy atom. The predicted octanol–water partition coefficient (Wildman–Crippen LogP) is 1.31. The molecular formula is C12H22F2N2O2. The molecule has 0 atom stereocenters. The molecule has 1 aliphatic carbocycles. The summed E-state index contributed by atoms with van der Waals surface area (Å²) in [6, 6.07) is 0.308. The number of ether oxygens (including phenoxy) is 1. The van der Waals surface area contributed by atoms with Crippen molar-refractivity contribution in [3.63, 3.8) is 0 Å².